The minimum Gasteiger partial charge on any atom is -0.325 e. The lowest BCUT2D eigenvalue weighted by Crippen LogP contribution is -2.36. The summed E-state index contributed by atoms with van der Waals surface area (Å²) < 4.78 is 0. The van der Waals surface area contributed by atoms with Gasteiger partial charge in [-0.25, -0.2) is 0 Å². The summed E-state index contributed by atoms with van der Waals surface area (Å²) in [5.41, 5.74) is 3.66. The molecule has 1 aliphatic heterocycles. The monoisotopic (exact) mass is 406 g/mol. The number of anilines is 1. The van der Waals surface area contributed by atoms with Crippen molar-refractivity contribution in [2.24, 2.45) is 0 Å². The first-order chi connectivity index (χ1) is 14.0. The Hall–Kier alpha value is -3.12. The van der Waals surface area contributed by atoms with E-state index in [1.165, 1.54) is 0 Å². The van der Waals surface area contributed by atoms with Gasteiger partial charge in [0.25, 0.3) is 11.1 Å². The zero-order valence-corrected chi connectivity index (χ0v) is 17.2. The van der Waals surface area contributed by atoms with Crippen molar-refractivity contribution in [3.8, 4) is 0 Å². The van der Waals surface area contributed by atoms with Crippen molar-refractivity contribution in [3.05, 3.63) is 82.3 Å². The Labute approximate surface area is 174 Å². The Morgan fingerprint density at radius 2 is 1.76 bits per heavy atom. The number of carbonyl (C=O) groups excluding carboxylic acids is 3. The van der Waals surface area contributed by atoms with Crippen LogP contribution in [0.3, 0.4) is 0 Å². The smallest absolute Gasteiger partial charge is 0.294 e. The molecule has 6 heteroatoms. The summed E-state index contributed by atoms with van der Waals surface area (Å²) in [6.45, 7) is 3.62. The van der Waals surface area contributed by atoms with Gasteiger partial charge in [0.15, 0.2) is 0 Å². The molecule has 0 radical (unpaired) electrons. The van der Waals surface area contributed by atoms with Crippen LogP contribution in [0.25, 0.3) is 6.08 Å². The van der Waals surface area contributed by atoms with Crippen molar-refractivity contribution in [1.82, 2.24) is 4.90 Å². The molecule has 1 aliphatic rings. The lowest BCUT2D eigenvalue weighted by atomic mass is 10.1. The van der Waals surface area contributed by atoms with Crippen LogP contribution in [0, 0.1) is 0 Å². The van der Waals surface area contributed by atoms with Crippen LogP contribution in [-0.4, -0.2) is 28.5 Å². The second-order valence-electron chi connectivity index (χ2n) is 6.67. The second-order valence-corrected chi connectivity index (χ2v) is 7.66. The fraction of sp³-hybridized carbons (Fsp3) is 0.174. The molecule has 0 bridgehead atoms. The highest BCUT2D eigenvalue weighted by Gasteiger charge is 2.36. The Morgan fingerprint density at radius 1 is 1.07 bits per heavy atom. The van der Waals surface area contributed by atoms with Crippen LogP contribution in [0.2, 0.25) is 0 Å². The van der Waals surface area contributed by atoms with E-state index in [0.29, 0.717) is 10.6 Å². The van der Waals surface area contributed by atoms with Gasteiger partial charge >= 0.3 is 0 Å². The first kappa shape index (κ1) is 20.6. The van der Waals surface area contributed by atoms with E-state index in [1.807, 2.05) is 67.6 Å². The van der Waals surface area contributed by atoms with Gasteiger partial charge in [0, 0.05) is 5.69 Å². The highest BCUT2D eigenvalue weighted by Crippen LogP contribution is 2.31. The third-order valence-electron chi connectivity index (χ3n) is 4.37. The van der Waals surface area contributed by atoms with Gasteiger partial charge in [-0.2, -0.15) is 0 Å². The Kier molecular flexibility index (Phi) is 6.67. The first-order valence-corrected chi connectivity index (χ1v) is 10.2. The average molecular weight is 407 g/mol. The summed E-state index contributed by atoms with van der Waals surface area (Å²) in [5, 5.41) is 2.28. The predicted molar refractivity (Wildman–Crippen MR) is 117 cm³/mol. The average Bonchev–Trinajstić information content (AvgIpc) is 2.96. The van der Waals surface area contributed by atoms with Crippen molar-refractivity contribution in [2.45, 2.75) is 20.3 Å². The molecular formula is C23H22N2O3S. The Morgan fingerprint density at radius 3 is 2.41 bits per heavy atom. The molecule has 3 amide bonds. The van der Waals surface area contributed by atoms with Crippen LogP contribution in [0.15, 0.2) is 71.2 Å². The third kappa shape index (κ3) is 5.45. The Balaban J connectivity index is 1.65. The van der Waals surface area contributed by atoms with E-state index in [9.17, 15) is 14.4 Å². The lowest BCUT2D eigenvalue weighted by molar-refractivity contribution is -0.127. The van der Waals surface area contributed by atoms with Crippen LogP contribution in [0.1, 0.15) is 25.0 Å². The number of amides is 3. The molecule has 29 heavy (non-hydrogen) atoms. The first-order valence-electron chi connectivity index (χ1n) is 9.34. The van der Waals surface area contributed by atoms with E-state index in [-0.39, 0.29) is 6.54 Å². The zero-order valence-electron chi connectivity index (χ0n) is 16.3. The summed E-state index contributed by atoms with van der Waals surface area (Å²) >= 11 is 0.852. The van der Waals surface area contributed by atoms with Crippen molar-refractivity contribution in [2.75, 3.05) is 11.9 Å². The van der Waals surface area contributed by atoms with Crippen LogP contribution < -0.4 is 5.32 Å². The number of hydrogen-bond donors (Lipinski definition) is 1. The minimum absolute atomic E-state index is 0.307. The lowest BCUT2D eigenvalue weighted by Gasteiger charge is -2.12. The van der Waals surface area contributed by atoms with Gasteiger partial charge in [-0.3, -0.25) is 19.3 Å². The number of aryl methyl sites for hydroxylation is 1. The van der Waals surface area contributed by atoms with Gasteiger partial charge in [0.2, 0.25) is 5.91 Å². The molecule has 5 nitrogen and oxygen atoms in total. The normalized spacial score (nSPS) is 15.9. The SMILES string of the molecule is CCc1ccc(NC(=O)CN2C(=O)S/C(=C/C(C)=C/c3ccccc3)C2=O)cc1. The van der Waals surface area contributed by atoms with Crippen molar-refractivity contribution >= 4 is 40.6 Å². The quantitative estimate of drug-likeness (QED) is 0.695. The maximum absolute atomic E-state index is 12.6. The highest BCUT2D eigenvalue weighted by molar-refractivity contribution is 8.18. The van der Waals surface area contributed by atoms with Crippen molar-refractivity contribution in [1.29, 1.82) is 0 Å². The number of carbonyl (C=O) groups is 3. The fourth-order valence-electron chi connectivity index (χ4n) is 2.86. The molecule has 0 aromatic heterocycles. The molecule has 0 unspecified atom stereocenters. The van der Waals surface area contributed by atoms with Crippen molar-refractivity contribution < 1.29 is 14.4 Å². The molecule has 0 aliphatic carbocycles. The van der Waals surface area contributed by atoms with E-state index in [0.717, 1.165) is 39.8 Å². The number of allylic oxidation sites excluding steroid dienone is 2. The number of thioether (sulfide) groups is 1. The summed E-state index contributed by atoms with van der Waals surface area (Å²) in [6.07, 6.45) is 4.52. The standard InChI is InChI=1S/C23H22N2O3S/c1-3-17-9-11-19(12-10-17)24-21(26)15-25-22(27)20(29-23(25)28)14-16(2)13-18-7-5-4-6-8-18/h4-14H,3,15H2,1-2H3,(H,24,26)/b16-13+,20-14+. The van der Waals surface area contributed by atoms with E-state index < -0.39 is 17.1 Å². The number of rotatable bonds is 6. The molecule has 3 rings (SSSR count). The number of nitrogens with zero attached hydrogens (tertiary/aromatic N) is 1. The molecule has 1 N–H and O–H groups in total. The minimum atomic E-state index is -0.447. The molecule has 1 heterocycles. The summed E-state index contributed by atoms with van der Waals surface area (Å²) in [6, 6.07) is 17.2. The maximum Gasteiger partial charge on any atom is 0.294 e. The van der Waals surface area contributed by atoms with Crippen LogP contribution in [-0.2, 0) is 16.0 Å². The van der Waals surface area contributed by atoms with Crippen LogP contribution >= 0.6 is 11.8 Å². The maximum atomic E-state index is 12.6. The summed E-state index contributed by atoms with van der Waals surface area (Å²) in [5.74, 6) is -0.855. The molecule has 148 valence electrons. The fourth-order valence-corrected chi connectivity index (χ4v) is 3.75. The van der Waals surface area contributed by atoms with Crippen LogP contribution in [0.5, 0.6) is 0 Å². The predicted octanol–water partition coefficient (Wildman–Crippen LogP) is 4.87. The van der Waals surface area contributed by atoms with E-state index in [2.05, 4.69) is 12.2 Å². The molecular weight excluding hydrogens is 384 g/mol. The third-order valence-corrected chi connectivity index (χ3v) is 5.28. The van der Waals surface area contributed by atoms with E-state index in [1.54, 1.807) is 6.08 Å². The molecule has 1 fully saturated rings. The van der Waals surface area contributed by atoms with Gasteiger partial charge in [-0.1, -0.05) is 55.5 Å². The summed E-state index contributed by atoms with van der Waals surface area (Å²) in [4.78, 5) is 38.4. The number of hydrogen-bond acceptors (Lipinski definition) is 4. The molecule has 2 aromatic carbocycles. The van der Waals surface area contributed by atoms with Gasteiger partial charge in [-0.15, -0.1) is 0 Å². The van der Waals surface area contributed by atoms with Crippen molar-refractivity contribution in [3.63, 3.8) is 0 Å². The van der Waals surface area contributed by atoms with E-state index >= 15 is 0 Å². The van der Waals surface area contributed by atoms with Gasteiger partial charge < -0.3 is 5.32 Å². The second kappa shape index (κ2) is 9.39. The zero-order chi connectivity index (χ0) is 20.8. The Bertz CT molecular complexity index is 979. The number of imide groups is 1. The number of nitrogens with one attached hydrogen (secondary N) is 1. The van der Waals surface area contributed by atoms with Gasteiger partial charge in [0.05, 0.1) is 4.91 Å². The topological polar surface area (TPSA) is 66.5 Å². The van der Waals surface area contributed by atoms with Gasteiger partial charge in [0.1, 0.15) is 6.54 Å². The largest absolute Gasteiger partial charge is 0.325 e. The van der Waals surface area contributed by atoms with Gasteiger partial charge in [-0.05, 0) is 60.0 Å². The molecule has 0 spiro atoms. The molecule has 1 saturated heterocycles. The van der Waals surface area contributed by atoms with Crippen LogP contribution in [0.4, 0.5) is 10.5 Å². The molecule has 0 atom stereocenters. The summed E-state index contributed by atoms with van der Waals surface area (Å²) in [7, 11) is 0. The number of benzene rings is 2. The van der Waals surface area contributed by atoms with E-state index in [4.69, 9.17) is 0 Å². The highest BCUT2D eigenvalue weighted by atomic mass is 32.2. The molecule has 2 aromatic rings. The molecule has 0 saturated carbocycles.